The first-order chi connectivity index (χ1) is 11.8. The number of carbonyl (C=O) groups is 1. The van der Waals surface area contributed by atoms with Gasteiger partial charge in [-0.05, 0) is 29.9 Å². The number of hydrogen-bond acceptors (Lipinski definition) is 4. The van der Waals surface area contributed by atoms with Crippen LogP contribution in [0.1, 0.15) is 29.9 Å². The largest absolute Gasteiger partial charge is 0.352 e. The van der Waals surface area contributed by atoms with E-state index in [1.54, 1.807) is 18.6 Å². The highest BCUT2D eigenvalue weighted by Gasteiger charge is 2.28. The molecule has 4 rings (SSSR count). The fourth-order valence-corrected chi connectivity index (χ4v) is 3.84. The van der Waals surface area contributed by atoms with E-state index in [0.29, 0.717) is 12.3 Å². The van der Waals surface area contributed by atoms with E-state index >= 15 is 0 Å². The molecule has 1 aromatic heterocycles. The third-order valence-electron chi connectivity index (χ3n) is 5.18. The molecule has 1 fully saturated rings. The minimum atomic E-state index is 0.287. The van der Waals surface area contributed by atoms with E-state index in [2.05, 4.69) is 39.1 Å². The zero-order chi connectivity index (χ0) is 16.4. The van der Waals surface area contributed by atoms with Crippen molar-refractivity contribution in [1.82, 2.24) is 14.9 Å². The predicted octanol–water partition coefficient (Wildman–Crippen LogP) is 2.25. The Balaban J connectivity index is 1.34. The van der Waals surface area contributed by atoms with Gasteiger partial charge in [0.25, 0.3) is 0 Å². The molecule has 1 unspecified atom stereocenters. The van der Waals surface area contributed by atoms with Crippen molar-refractivity contribution in [1.29, 1.82) is 0 Å². The van der Waals surface area contributed by atoms with Gasteiger partial charge in [0.1, 0.15) is 5.82 Å². The van der Waals surface area contributed by atoms with Crippen molar-refractivity contribution >= 4 is 11.7 Å². The molecule has 2 aromatic rings. The van der Waals surface area contributed by atoms with E-state index in [1.165, 1.54) is 11.1 Å². The van der Waals surface area contributed by atoms with Crippen molar-refractivity contribution in [3.05, 3.63) is 54.0 Å². The summed E-state index contributed by atoms with van der Waals surface area (Å²) in [6, 6.07) is 8.56. The molecule has 0 spiro atoms. The summed E-state index contributed by atoms with van der Waals surface area (Å²) in [5.74, 6) is 1.58. The summed E-state index contributed by atoms with van der Waals surface area (Å²) >= 11 is 0. The average Bonchev–Trinajstić information content (AvgIpc) is 3.06. The van der Waals surface area contributed by atoms with Gasteiger partial charge in [0.15, 0.2) is 0 Å². The van der Waals surface area contributed by atoms with Crippen LogP contribution in [0.15, 0.2) is 42.9 Å². The summed E-state index contributed by atoms with van der Waals surface area (Å²) in [5, 5.41) is 0. The maximum Gasteiger partial charge on any atom is 0.223 e. The Morgan fingerprint density at radius 3 is 2.75 bits per heavy atom. The molecular formula is C19H22N4O. The minimum Gasteiger partial charge on any atom is -0.352 e. The topological polar surface area (TPSA) is 49.3 Å². The standard InChI is InChI=1S/C19H22N4O/c24-19(13-16-6-5-15-3-1-2-4-17(15)16)23-11-9-22(10-12-23)18-14-20-7-8-21-18/h1-4,7-8,14,16H,5-6,9-13H2. The SMILES string of the molecule is O=C(CC1CCc2ccccc21)N1CCN(c2cnccn2)CC1. The molecule has 1 amide bonds. The van der Waals surface area contributed by atoms with Crippen molar-refractivity contribution in [3.63, 3.8) is 0 Å². The number of benzene rings is 1. The zero-order valence-corrected chi connectivity index (χ0v) is 13.8. The molecule has 5 nitrogen and oxygen atoms in total. The summed E-state index contributed by atoms with van der Waals surface area (Å²) < 4.78 is 0. The normalized spacial score (nSPS) is 20.1. The summed E-state index contributed by atoms with van der Waals surface area (Å²) in [5.41, 5.74) is 2.80. The lowest BCUT2D eigenvalue weighted by Crippen LogP contribution is -2.49. The average molecular weight is 322 g/mol. The highest BCUT2D eigenvalue weighted by atomic mass is 16.2. The Kier molecular flexibility index (Phi) is 4.15. The lowest BCUT2D eigenvalue weighted by atomic mass is 9.97. The van der Waals surface area contributed by atoms with Crippen LogP contribution in [0.25, 0.3) is 0 Å². The number of carbonyl (C=O) groups excluding carboxylic acids is 1. The first kappa shape index (κ1) is 15.1. The Morgan fingerprint density at radius 2 is 1.96 bits per heavy atom. The van der Waals surface area contributed by atoms with Crippen LogP contribution in [-0.4, -0.2) is 47.0 Å². The molecule has 0 radical (unpaired) electrons. The molecule has 2 aliphatic rings. The number of aromatic nitrogens is 2. The molecule has 5 heteroatoms. The van der Waals surface area contributed by atoms with Gasteiger partial charge in [-0.3, -0.25) is 9.78 Å². The zero-order valence-electron chi connectivity index (χ0n) is 13.8. The van der Waals surface area contributed by atoms with Gasteiger partial charge in [0.05, 0.1) is 6.20 Å². The highest BCUT2D eigenvalue weighted by molar-refractivity contribution is 5.77. The van der Waals surface area contributed by atoms with Gasteiger partial charge in [0.2, 0.25) is 5.91 Å². The first-order valence-electron chi connectivity index (χ1n) is 8.68. The van der Waals surface area contributed by atoms with E-state index in [4.69, 9.17) is 0 Å². The van der Waals surface area contributed by atoms with Gasteiger partial charge in [-0.1, -0.05) is 24.3 Å². The summed E-state index contributed by atoms with van der Waals surface area (Å²) in [6.45, 7) is 3.19. The van der Waals surface area contributed by atoms with Crippen molar-refractivity contribution in [3.8, 4) is 0 Å². The number of anilines is 1. The second kappa shape index (κ2) is 6.59. The van der Waals surface area contributed by atoms with Crippen LogP contribution in [0.5, 0.6) is 0 Å². The van der Waals surface area contributed by atoms with Gasteiger partial charge in [0, 0.05) is 45.0 Å². The molecule has 1 aliphatic carbocycles. The highest BCUT2D eigenvalue weighted by Crippen LogP contribution is 2.35. The number of fused-ring (bicyclic) bond motifs is 1. The van der Waals surface area contributed by atoms with Crippen LogP contribution < -0.4 is 4.90 Å². The Hall–Kier alpha value is -2.43. The molecule has 0 bridgehead atoms. The lowest BCUT2D eigenvalue weighted by Gasteiger charge is -2.35. The molecule has 1 atom stereocenters. The molecule has 1 saturated heterocycles. The van der Waals surface area contributed by atoms with E-state index in [9.17, 15) is 4.79 Å². The molecule has 1 aromatic carbocycles. The number of nitrogens with zero attached hydrogens (tertiary/aromatic N) is 4. The molecule has 124 valence electrons. The number of hydrogen-bond donors (Lipinski definition) is 0. The molecular weight excluding hydrogens is 300 g/mol. The molecule has 2 heterocycles. The van der Waals surface area contributed by atoms with Crippen LogP contribution in [0.4, 0.5) is 5.82 Å². The van der Waals surface area contributed by atoms with Crippen LogP contribution in [0.3, 0.4) is 0 Å². The second-order valence-electron chi connectivity index (χ2n) is 6.57. The van der Waals surface area contributed by atoms with Crippen LogP contribution >= 0.6 is 0 Å². The summed E-state index contributed by atoms with van der Waals surface area (Å²) in [6.07, 6.45) is 8.03. The van der Waals surface area contributed by atoms with Gasteiger partial charge in [-0.2, -0.15) is 0 Å². The lowest BCUT2D eigenvalue weighted by molar-refractivity contribution is -0.131. The summed E-state index contributed by atoms with van der Waals surface area (Å²) in [7, 11) is 0. The fraction of sp³-hybridized carbons (Fsp3) is 0.421. The van der Waals surface area contributed by atoms with E-state index in [-0.39, 0.29) is 5.91 Å². The quantitative estimate of drug-likeness (QED) is 0.870. The fourth-order valence-electron chi connectivity index (χ4n) is 3.84. The third-order valence-corrected chi connectivity index (χ3v) is 5.18. The van der Waals surface area contributed by atoms with E-state index in [0.717, 1.165) is 44.8 Å². The number of amides is 1. The molecule has 24 heavy (non-hydrogen) atoms. The van der Waals surface area contributed by atoms with Crippen LogP contribution in [0.2, 0.25) is 0 Å². The molecule has 1 aliphatic heterocycles. The number of piperazine rings is 1. The van der Waals surface area contributed by atoms with Crippen molar-refractivity contribution in [2.45, 2.75) is 25.2 Å². The smallest absolute Gasteiger partial charge is 0.223 e. The predicted molar refractivity (Wildman–Crippen MR) is 92.9 cm³/mol. The Labute approximate surface area is 142 Å². The van der Waals surface area contributed by atoms with Crippen molar-refractivity contribution in [2.24, 2.45) is 0 Å². The van der Waals surface area contributed by atoms with Gasteiger partial charge >= 0.3 is 0 Å². The van der Waals surface area contributed by atoms with Crippen molar-refractivity contribution in [2.75, 3.05) is 31.1 Å². The van der Waals surface area contributed by atoms with E-state index < -0.39 is 0 Å². The van der Waals surface area contributed by atoms with Gasteiger partial charge < -0.3 is 9.80 Å². The third kappa shape index (κ3) is 2.98. The first-order valence-corrected chi connectivity index (χ1v) is 8.68. The maximum absolute atomic E-state index is 12.7. The summed E-state index contributed by atoms with van der Waals surface area (Å²) in [4.78, 5) is 25.3. The van der Waals surface area contributed by atoms with Crippen molar-refractivity contribution < 1.29 is 4.79 Å². The maximum atomic E-state index is 12.7. The second-order valence-corrected chi connectivity index (χ2v) is 6.57. The van der Waals surface area contributed by atoms with Crippen LogP contribution in [-0.2, 0) is 11.2 Å². The van der Waals surface area contributed by atoms with Gasteiger partial charge in [-0.25, -0.2) is 4.98 Å². The Bertz CT molecular complexity index is 710. The molecule has 0 N–H and O–H groups in total. The molecule has 0 saturated carbocycles. The minimum absolute atomic E-state index is 0.287. The number of aryl methyl sites for hydroxylation is 1. The number of rotatable bonds is 3. The van der Waals surface area contributed by atoms with Gasteiger partial charge in [-0.15, -0.1) is 0 Å². The Morgan fingerprint density at radius 1 is 1.12 bits per heavy atom. The van der Waals surface area contributed by atoms with Crippen LogP contribution in [0, 0.1) is 0 Å². The van der Waals surface area contributed by atoms with E-state index in [1.807, 2.05) is 4.90 Å². The monoisotopic (exact) mass is 322 g/mol.